The Morgan fingerprint density at radius 2 is 1.95 bits per heavy atom. The Labute approximate surface area is 117 Å². The Morgan fingerprint density at radius 3 is 2.80 bits per heavy atom. The van der Waals surface area contributed by atoms with E-state index in [1.807, 2.05) is 42.5 Å². The Morgan fingerprint density at radius 1 is 1.05 bits per heavy atom. The number of aromatic nitrogens is 1. The van der Waals surface area contributed by atoms with Gasteiger partial charge in [-0.25, -0.2) is 0 Å². The molecule has 0 aliphatic carbocycles. The van der Waals surface area contributed by atoms with E-state index in [1.165, 1.54) is 0 Å². The highest BCUT2D eigenvalue weighted by Crippen LogP contribution is 2.14. The van der Waals surface area contributed by atoms with Crippen LogP contribution in [0.5, 0.6) is 0 Å². The summed E-state index contributed by atoms with van der Waals surface area (Å²) >= 11 is 0. The maximum Gasteiger partial charge on any atom is 0.103 e. The largest absolute Gasteiger partial charge is 0.469 e. The van der Waals surface area contributed by atoms with Gasteiger partial charge in [-0.05, 0) is 30.7 Å². The van der Waals surface area contributed by atoms with Crippen LogP contribution in [0.1, 0.15) is 17.9 Å². The highest BCUT2D eigenvalue weighted by Gasteiger charge is 2.08. The molecule has 0 bridgehead atoms. The fourth-order valence-electron chi connectivity index (χ4n) is 2.33. The maximum atomic E-state index is 10.1. The zero-order valence-corrected chi connectivity index (χ0v) is 11.2. The summed E-state index contributed by atoms with van der Waals surface area (Å²) in [5.41, 5.74) is 1.90. The molecule has 0 aliphatic heterocycles. The highest BCUT2D eigenvalue weighted by atomic mass is 16.3. The van der Waals surface area contributed by atoms with Gasteiger partial charge in [-0.1, -0.05) is 24.3 Å². The highest BCUT2D eigenvalue weighted by molar-refractivity contribution is 5.78. The van der Waals surface area contributed by atoms with Crippen molar-refractivity contribution < 1.29 is 9.52 Å². The molecule has 0 fully saturated rings. The van der Waals surface area contributed by atoms with Crippen LogP contribution in [0.2, 0.25) is 0 Å². The molecule has 1 aromatic carbocycles. The molecule has 2 heterocycles. The van der Waals surface area contributed by atoms with E-state index >= 15 is 0 Å². The van der Waals surface area contributed by atoms with Crippen molar-refractivity contribution in [1.29, 1.82) is 0 Å². The number of para-hydroxylation sites is 1. The van der Waals surface area contributed by atoms with Gasteiger partial charge >= 0.3 is 0 Å². The first-order valence-electron chi connectivity index (χ1n) is 6.86. The molecule has 0 saturated heterocycles. The smallest absolute Gasteiger partial charge is 0.103 e. The van der Waals surface area contributed by atoms with Crippen LogP contribution in [-0.4, -0.2) is 16.2 Å². The SMILES string of the molecule is OC(CCc1ccco1)Cc1ccc2ccccc2n1. The molecule has 3 aromatic rings. The van der Waals surface area contributed by atoms with Gasteiger partial charge in [-0.3, -0.25) is 4.98 Å². The number of rotatable bonds is 5. The van der Waals surface area contributed by atoms with Gasteiger partial charge in [-0.15, -0.1) is 0 Å². The van der Waals surface area contributed by atoms with E-state index in [-0.39, 0.29) is 0 Å². The van der Waals surface area contributed by atoms with Gasteiger partial charge in [0, 0.05) is 23.9 Å². The monoisotopic (exact) mass is 267 g/mol. The lowest BCUT2D eigenvalue weighted by atomic mass is 10.1. The number of aryl methyl sites for hydroxylation is 1. The van der Waals surface area contributed by atoms with Crippen LogP contribution in [0, 0.1) is 0 Å². The van der Waals surface area contributed by atoms with Crippen molar-refractivity contribution in [2.75, 3.05) is 0 Å². The van der Waals surface area contributed by atoms with E-state index in [1.54, 1.807) is 6.26 Å². The Balaban J connectivity index is 1.63. The molecule has 1 N–H and O–H groups in total. The molecule has 0 aliphatic rings. The first-order chi connectivity index (χ1) is 9.81. The van der Waals surface area contributed by atoms with Crippen LogP contribution in [0.15, 0.2) is 59.2 Å². The van der Waals surface area contributed by atoms with Gasteiger partial charge < -0.3 is 9.52 Å². The van der Waals surface area contributed by atoms with Crippen molar-refractivity contribution in [2.24, 2.45) is 0 Å². The number of hydrogen-bond donors (Lipinski definition) is 1. The molecule has 0 spiro atoms. The second kappa shape index (κ2) is 5.88. The number of aliphatic hydroxyl groups excluding tert-OH is 1. The summed E-state index contributed by atoms with van der Waals surface area (Å²) in [5.74, 6) is 0.913. The molecular formula is C17H17NO2. The van der Waals surface area contributed by atoms with E-state index in [0.717, 1.165) is 28.8 Å². The van der Waals surface area contributed by atoms with Gasteiger partial charge in [0.05, 0.1) is 17.9 Å². The normalized spacial score (nSPS) is 12.7. The summed E-state index contributed by atoms with van der Waals surface area (Å²) < 4.78 is 5.27. The quantitative estimate of drug-likeness (QED) is 0.771. The number of hydrogen-bond acceptors (Lipinski definition) is 3. The minimum absolute atomic E-state index is 0.395. The summed E-state index contributed by atoms with van der Waals surface area (Å²) in [7, 11) is 0. The van der Waals surface area contributed by atoms with Crippen molar-refractivity contribution in [3.05, 3.63) is 66.2 Å². The molecule has 2 aromatic heterocycles. The second-order valence-corrected chi connectivity index (χ2v) is 4.97. The average Bonchev–Trinajstić information content (AvgIpc) is 2.98. The van der Waals surface area contributed by atoms with Crippen LogP contribution in [0.25, 0.3) is 10.9 Å². The predicted molar refractivity (Wildman–Crippen MR) is 78.5 cm³/mol. The standard InChI is InChI=1S/C17H17NO2/c19-15(9-10-16-5-3-11-20-16)12-14-8-7-13-4-1-2-6-17(13)18-14/h1-8,11,15,19H,9-10,12H2. The van der Waals surface area contributed by atoms with Gasteiger partial charge in [0.25, 0.3) is 0 Å². The Bertz CT molecular complexity index is 676. The fourth-order valence-corrected chi connectivity index (χ4v) is 2.33. The Kier molecular flexibility index (Phi) is 3.79. The van der Waals surface area contributed by atoms with Crippen molar-refractivity contribution in [2.45, 2.75) is 25.4 Å². The molecule has 0 radical (unpaired) electrons. The molecule has 1 atom stereocenters. The minimum atomic E-state index is -0.395. The van der Waals surface area contributed by atoms with Crippen LogP contribution in [0.3, 0.4) is 0 Å². The minimum Gasteiger partial charge on any atom is -0.469 e. The third-order valence-electron chi connectivity index (χ3n) is 3.40. The number of fused-ring (bicyclic) bond motifs is 1. The van der Waals surface area contributed by atoms with Crippen molar-refractivity contribution in [3.8, 4) is 0 Å². The molecule has 102 valence electrons. The van der Waals surface area contributed by atoms with E-state index < -0.39 is 6.10 Å². The number of pyridine rings is 1. The number of aliphatic hydroxyl groups is 1. The predicted octanol–water partition coefficient (Wildman–Crippen LogP) is 3.36. The van der Waals surface area contributed by atoms with Gasteiger partial charge in [0.1, 0.15) is 5.76 Å². The van der Waals surface area contributed by atoms with E-state index in [0.29, 0.717) is 12.8 Å². The molecule has 3 rings (SSSR count). The van der Waals surface area contributed by atoms with Gasteiger partial charge in [0.15, 0.2) is 0 Å². The van der Waals surface area contributed by atoms with Crippen molar-refractivity contribution in [1.82, 2.24) is 4.98 Å². The lowest BCUT2D eigenvalue weighted by Gasteiger charge is -2.09. The average molecular weight is 267 g/mol. The third-order valence-corrected chi connectivity index (χ3v) is 3.40. The number of furan rings is 1. The molecule has 3 nitrogen and oxygen atoms in total. The zero-order chi connectivity index (χ0) is 13.8. The summed E-state index contributed by atoms with van der Waals surface area (Å²) in [6.07, 6.45) is 3.27. The van der Waals surface area contributed by atoms with E-state index in [2.05, 4.69) is 11.1 Å². The van der Waals surface area contributed by atoms with Gasteiger partial charge in [-0.2, -0.15) is 0 Å². The van der Waals surface area contributed by atoms with Crippen LogP contribution >= 0.6 is 0 Å². The summed E-state index contributed by atoms with van der Waals surface area (Å²) in [5, 5.41) is 11.2. The summed E-state index contributed by atoms with van der Waals surface area (Å²) in [6, 6.07) is 15.9. The number of nitrogens with zero attached hydrogens (tertiary/aromatic N) is 1. The molecule has 0 amide bonds. The molecule has 1 unspecified atom stereocenters. The summed E-state index contributed by atoms with van der Waals surface area (Å²) in [4.78, 5) is 4.58. The molecule has 3 heteroatoms. The summed E-state index contributed by atoms with van der Waals surface area (Å²) in [6.45, 7) is 0. The van der Waals surface area contributed by atoms with Gasteiger partial charge in [0.2, 0.25) is 0 Å². The van der Waals surface area contributed by atoms with E-state index in [4.69, 9.17) is 4.42 Å². The number of benzene rings is 1. The second-order valence-electron chi connectivity index (χ2n) is 4.97. The topological polar surface area (TPSA) is 46.3 Å². The molecule has 20 heavy (non-hydrogen) atoms. The van der Waals surface area contributed by atoms with Crippen LogP contribution in [0.4, 0.5) is 0 Å². The van der Waals surface area contributed by atoms with Crippen LogP contribution < -0.4 is 0 Å². The fraction of sp³-hybridized carbons (Fsp3) is 0.235. The molecule has 0 saturated carbocycles. The van der Waals surface area contributed by atoms with Crippen LogP contribution in [-0.2, 0) is 12.8 Å². The lowest BCUT2D eigenvalue weighted by molar-refractivity contribution is 0.162. The van der Waals surface area contributed by atoms with Crippen molar-refractivity contribution in [3.63, 3.8) is 0 Å². The first kappa shape index (κ1) is 12.9. The Hall–Kier alpha value is -2.13. The maximum absolute atomic E-state index is 10.1. The third kappa shape index (κ3) is 3.06. The van der Waals surface area contributed by atoms with Crippen molar-refractivity contribution >= 4 is 10.9 Å². The first-order valence-corrected chi connectivity index (χ1v) is 6.86. The molecular weight excluding hydrogens is 250 g/mol. The lowest BCUT2D eigenvalue weighted by Crippen LogP contribution is -2.12. The zero-order valence-electron chi connectivity index (χ0n) is 11.2. The van der Waals surface area contributed by atoms with E-state index in [9.17, 15) is 5.11 Å².